The van der Waals surface area contributed by atoms with Crippen LogP contribution in [0.15, 0.2) is 84.9 Å². The van der Waals surface area contributed by atoms with Crippen molar-refractivity contribution in [2.75, 3.05) is 0 Å². The van der Waals surface area contributed by atoms with E-state index in [-0.39, 0.29) is 11.0 Å². The highest BCUT2D eigenvalue weighted by Gasteiger charge is 2.01. The first-order valence-electron chi connectivity index (χ1n) is 6.47. The normalized spacial score (nSPS) is 9.14. The highest BCUT2D eigenvalue weighted by Crippen LogP contribution is 2.16. The van der Waals surface area contributed by atoms with E-state index in [9.17, 15) is 0 Å². The summed E-state index contributed by atoms with van der Waals surface area (Å²) >= 11 is 0. The minimum atomic E-state index is 0. The lowest BCUT2D eigenvalue weighted by atomic mass is 9.64. The van der Waals surface area contributed by atoms with E-state index < -0.39 is 0 Å². The molecule has 3 heteroatoms. The van der Waals surface area contributed by atoms with E-state index in [4.69, 9.17) is 0 Å². The average Bonchev–Trinajstić information content (AvgIpc) is 2.49. The third-order valence-electron chi connectivity index (χ3n) is 3.13. The monoisotopic (exact) mass is 277 g/mol. The fraction of sp³-hybridized carbons (Fsp3) is 0. The maximum absolute atomic E-state index is 2.22. The second-order valence-electron chi connectivity index (χ2n) is 4.55. The standard InChI is InChI=1S/C18H14B.2H2O/c1-3-8-15(9-4-1)16-10-7-13-18(14-16)19-17-11-5-2-6-12-17;;/h1-14H;2*1H2. The molecule has 0 bridgehead atoms. The van der Waals surface area contributed by atoms with Gasteiger partial charge in [0.25, 0.3) is 0 Å². The molecule has 0 amide bonds. The van der Waals surface area contributed by atoms with Crippen molar-refractivity contribution in [1.82, 2.24) is 0 Å². The zero-order valence-corrected chi connectivity index (χ0v) is 11.7. The molecule has 0 aliphatic heterocycles. The van der Waals surface area contributed by atoms with Gasteiger partial charge in [-0.2, -0.15) is 0 Å². The summed E-state index contributed by atoms with van der Waals surface area (Å²) in [6.07, 6.45) is 0. The molecule has 3 aromatic rings. The Morgan fingerprint density at radius 2 is 1.00 bits per heavy atom. The summed E-state index contributed by atoms with van der Waals surface area (Å²) in [5.41, 5.74) is 4.97. The van der Waals surface area contributed by atoms with Crippen molar-refractivity contribution in [1.29, 1.82) is 0 Å². The van der Waals surface area contributed by atoms with Crippen LogP contribution in [0, 0.1) is 0 Å². The number of hydrogen-bond donors (Lipinski definition) is 0. The first kappa shape index (κ1) is 16.7. The van der Waals surface area contributed by atoms with Gasteiger partial charge in [0.15, 0.2) is 7.28 Å². The molecule has 0 fully saturated rings. The second kappa shape index (κ2) is 8.05. The molecule has 21 heavy (non-hydrogen) atoms. The highest BCUT2D eigenvalue weighted by molar-refractivity contribution is 6.67. The third-order valence-corrected chi connectivity index (χ3v) is 3.13. The van der Waals surface area contributed by atoms with Crippen molar-refractivity contribution >= 4 is 18.2 Å². The minimum absolute atomic E-state index is 0. The van der Waals surface area contributed by atoms with E-state index in [2.05, 4.69) is 80.1 Å². The van der Waals surface area contributed by atoms with Gasteiger partial charge >= 0.3 is 0 Å². The van der Waals surface area contributed by atoms with Gasteiger partial charge in [0.2, 0.25) is 0 Å². The van der Waals surface area contributed by atoms with Crippen LogP contribution in [0.5, 0.6) is 0 Å². The lowest BCUT2D eigenvalue weighted by Crippen LogP contribution is -2.26. The van der Waals surface area contributed by atoms with Gasteiger partial charge in [-0.05, 0) is 11.1 Å². The van der Waals surface area contributed by atoms with Crippen molar-refractivity contribution in [2.45, 2.75) is 0 Å². The Bertz CT molecular complexity index is 654. The molecule has 0 aliphatic carbocycles. The molecule has 0 heterocycles. The Morgan fingerprint density at radius 3 is 1.67 bits per heavy atom. The maximum atomic E-state index is 2.22. The molecule has 2 nitrogen and oxygen atoms in total. The molecule has 0 aromatic heterocycles. The van der Waals surface area contributed by atoms with Gasteiger partial charge in [-0.25, -0.2) is 0 Å². The van der Waals surface area contributed by atoms with Gasteiger partial charge in [0.1, 0.15) is 0 Å². The van der Waals surface area contributed by atoms with E-state index in [1.54, 1.807) is 0 Å². The molecular weight excluding hydrogens is 259 g/mol. The molecule has 0 unspecified atom stereocenters. The first-order valence-corrected chi connectivity index (χ1v) is 6.47. The second-order valence-corrected chi connectivity index (χ2v) is 4.55. The van der Waals surface area contributed by atoms with Crippen LogP contribution in [0.1, 0.15) is 0 Å². The predicted molar refractivity (Wildman–Crippen MR) is 90.6 cm³/mol. The zero-order chi connectivity index (χ0) is 12.9. The van der Waals surface area contributed by atoms with Crippen molar-refractivity contribution in [3.8, 4) is 11.1 Å². The Kier molecular flexibility index (Phi) is 6.40. The van der Waals surface area contributed by atoms with Crippen molar-refractivity contribution in [3.05, 3.63) is 84.9 Å². The van der Waals surface area contributed by atoms with Crippen LogP contribution in [-0.2, 0) is 0 Å². The molecule has 0 spiro atoms. The highest BCUT2D eigenvalue weighted by atomic mass is 16.0. The largest absolute Gasteiger partial charge is 0.412 e. The Balaban J connectivity index is 0.00000110. The summed E-state index contributed by atoms with van der Waals surface area (Å²) in [4.78, 5) is 0. The van der Waals surface area contributed by atoms with Crippen molar-refractivity contribution in [2.24, 2.45) is 0 Å². The van der Waals surface area contributed by atoms with Crippen LogP contribution in [0.2, 0.25) is 0 Å². The predicted octanol–water partition coefficient (Wildman–Crippen LogP) is 1.36. The summed E-state index contributed by atoms with van der Waals surface area (Å²) < 4.78 is 0. The molecule has 0 aliphatic rings. The van der Waals surface area contributed by atoms with E-state index in [0.29, 0.717) is 0 Å². The molecule has 4 N–H and O–H groups in total. The molecule has 0 saturated carbocycles. The summed E-state index contributed by atoms with van der Waals surface area (Å²) in [7, 11) is 2.20. The first-order chi connectivity index (χ1) is 9.42. The quantitative estimate of drug-likeness (QED) is 0.649. The summed E-state index contributed by atoms with van der Waals surface area (Å²) in [5.74, 6) is 0. The van der Waals surface area contributed by atoms with Crippen molar-refractivity contribution < 1.29 is 11.0 Å². The van der Waals surface area contributed by atoms with Gasteiger partial charge in [0, 0.05) is 0 Å². The number of rotatable bonds is 3. The van der Waals surface area contributed by atoms with Crippen LogP contribution < -0.4 is 10.9 Å². The van der Waals surface area contributed by atoms with Gasteiger partial charge in [-0.3, -0.25) is 0 Å². The molecule has 105 valence electrons. The Hall–Kier alpha value is -2.36. The fourth-order valence-corrected chi connectivity index (χ4v) is 2.18. The lowest BCUT2D eigenvalue weighted by Gasteiger charge is -2.05. The summed E-state index contributed by atoms with van der Waals surface area (Å²) in [6.45, 7) is 0. The maximum Gasteiger partial charge on any atom is 0.191 e. The third kappa shape index (κ3) is 4.31. The van der Waals surface area contributed by atoms with Crippen LogP contribution in [0.3, 0.4) is 0 Å². The van der Waals surface area contributed by atoms with Gasteiger partial charge in [-0.15, -0.1) is 0 Å². The molecule has 3 rings (SSSR count). The smallest absolute Gasteiger partial charge is 0.191 e. The van der Waals surface area contributed by atoms with E-state index in [1.807, 2.05) is 12.1 Å². The van der Waals surface area contributed by atoms with E-state index >= 15 is 0 Å². The summed E-state index contributed by atoms with van der Waals surface area (Å²) in [6, 6.07) is 29.5. The zero-order valence-electron chi connectivity index (χ0n) is 11.7. The molecule has 3 aromatic carbocycles. The number of hydrogen-bond acceptors (Lipinski definition) is 0. The minimum Gasteiger partial charge on any atom is -0.412 e. The van der Waals surface area contributed by atoms with Gasteiger partial charge < -0.3 is 11.0 Å². The van der Waals surface area contributed by atoms with Crippen LogP contribution >= 0.6 is 0 Å². The molecule has 0 atom stereocenters. The topological polar surface area (TPSA) is 63.0 Å². The fourth-order valence-electron chi connectivity index (χ4n) is 2.18. The van der Waals surface area contributed by atoms with Crippen LogP contribution in [0.4, 0.5) is 0 Å². The van der Waals surface area contributed by atoms with E-state index in [0.717, 1.165) is 0 Å². The molecule has 0 saturated heterocycles. The molecular formula is C18H18BO2. The van der Waals surface area contributed by atoms with Gasteiger partial charge in [0.05, 0.1) is 0 Å². The average molecular weight is 277 g/mol. The Morgan fingerprint density at radius 1 is 0.476 bits per heavy atom. The SMILES string of the molecule is O.O.[B](c1ccccc1)c1cccc(-c2ccccc2)c1. The van der Waals surface area contributed by atoms with E-state index in [1.165, 1.54) is 22.1 Å². The number of benzene rings is 3. The van der Waals surface area contributed by atoms with Crippen LogP contribution in [0.25, 0.3) is 11.1 Å². The molecule has 1 radical (unpaired) electrons. The van der Waals surface area contributed by atoms with Crippen molar-refractivity contribution in [3.63, 3.8) is 0 Å². The van der Waals surface area contributed by atoms with Gasteiger partial charge in [-0.1, -0.05) is 95.9 Å². The lowest BCUT2D eigenvalue weighted by molar-refractivity contribution is 0.823. The summed E-state index contributed by atoms with van der Waals surface area (Å²) in [5, 5.41) is 0. The van der Waals surface area contributed by atoms with Crippen LogP contribution in [-0.4, -0.2) is 18.2 Å². The Labute approximate surface area is 125 Å².